The molecular formula is C19H18ClFN2O5. The molecule has 3 amide bonds. The van der Waals surface area contributed by atoms with Gasteiger partial charge in [-0.2, -0.15) is 0 Å². The molecule has 3 atom stereocenters. The largest absolute Gasteiger partial charge is 0.451 e. The first kappa shape index (κ1) is 20.0. The van der Waals surface area contributed by atoms with Gasteiger partial charge in [-0.05, 0) is 38.0 Å². The molecule has 0 saturated carbocycles. The molecule has 1 saturated heterocycles. The number of halogens is 2. The lowest BCUT2D eigenvalue weighted by atomic mass is 9.85. The molecule has 0 radical (unpaired) electrons. The highest BCUT2D eigenvalue weighted by Crippen LogP contribution is 2.34. The first-order valence-corrected chi connectivity index (χ1v) is 9.11. The van der Waals surface area contributed by atoms with Gasteiger partial charge in [-0.3, -0.25) is 24.1 Å². The molecule has 1 fully saturated rings. The minimum atomic E-state index is -1.20. The zero-order chi connectivity index (χ0) is 20.4. The Kier molecular flexibility index (Phi) is 5.79. The highest BCUT2D eigenvalue weighted by molar-refractivity contribution is 6.33. The maximum Gasteiger partial charge on any atom is 0.326 e. The number of rotatable bonds is 5. The summed E-state index contributed by atoms with van der Waals surface area (Å²) in [4.78, 5) is 49.9. The molecule has 148 valence electrons. The maximum absolute atomic E-state index is 13.1. The molecule has 7 nitrogen and oxygen atoms in total. The average molecular weight is 409 g/mol. The van der Waals surface area contributed by atoms with E-state index in [1.54, 1.807) is 0 Å². The van der Waals surface area contributed by atoms with E-state index in [-0.39, 0.29) is 10.7 Å². The summed E-state index contributed by atoms with van der Waals surface area (Å²) in [7, 11) is 0. The predicted molar refractivity (Wildman–Crippen MR) is 97.7 cm³/mol. The minimum absolute atomic E-state index is 0.00338. The van der Waals surface area contributed by atoms with Crippen LogP contribution in [0, 0.1) is 17.7 Å². The van der Waals surface area contributed by atoms with Crippen molar-refractivity contribution in [3.8, 4) is 0 Å². The second-order valence-electron chi connectivity index (χ2n) is 6.66. The summed E-state index contributed by atoms with van der Waals surface area (Å²) in [5.41, 5.74) is 0.164. The fourth-order valence-corrected chi connectivity index (χ4v) is 3.48. The van der Waals surface area contributed by atoms with E-state index in [0.717, 1.165) is 17.0 Å². The zero-order valence-corrected chi connectivity index (χ0v) is 15.7. The number of hydrogen-bond donors (Lipinski definition) is 1. The number of hydrogen-bond acceptors (Lipinski definition) is 5. The number of carbonyl (C=O) groups is 4. The van der Waals surface area contributed by atoms with Gasteiger partial charge in [0.1, 0.15) is 12.4 Å². The number of ether oxygens (including phenoxy) is 1. The molecule has 1 aromatic carbocycles. The molecule has 3 rings (SSSR count). The van der Waals surface area contributed by atoms with Gasteiger partial charge in [-0.25, -0.2) is 4.39 Å². The Morgan fingerprint density at radius 2 is 1.86 bits per heavy atom. The number of fused-ring (bicyclic) bond motifs is 1. The van der Waals surface area contributed by atoms with Crippen molar-refractivity contribution in [2.45, 2.75) is 25.9 Å². The van der Waals surface area contributed by atoms with Gasteiger partial charge in [0.05, 0.1) is 22.5 Å². The van der Waals surface area contributed by atoms with Crippen molar-refractivity contribution in [3.63, 3.8) is 0 Å². The molecule has 9 heteroatoms. The van der Waals surface area contributed by atoms with Gasteiger partial charge in [-0.1, -0.05) is 23.8 Å². The molecule has 0 aromatic heterocycles. The van der Waals surface area contributed by atoms with Crippen LogP contribution in [-0.2, 0) is 23.9 Å². The van der Waals surface area contributed by atoms with E-state index in [4.69, 9.17) is 16.3 Å². The van der Waals surface area contributed by atoms with Crippen LogP contribution in [0.4, 0.5) is 10.1 Å². The first-order valence-electron chi connectivity index (χ1n) is 8.73. The summed E-state index contributed by atoms with van der Waals surface area (Å²) in [5.74, 6) is -3.78. The van der Waals surface area contributed by atoms with Crippen molar-refractivity contribution in [1.82, 2.24) is 4.90 Å². The maximum atomic E-state index is 13.1. The lowest BCUT2D eigenvalue weighted by Crippen LogP contribution is -2.39. The second-order valence-corrected chi connectivity index (χ2v) is 7.07. The van der Waals surface area contributed by atoms with Gasteiger partial charge in [0.2, 0.25) is 11.8 Å². The topological polar surface area (TPSA) is 92.8 Å². The number of esters is 1. The number of imide groups is 1. The number of anilines is 1. The summed E-state index contributed by atoms with van der Waals surface area (Å²) < 4.78 is 18.1. The lowest BCUT2D eigenvalue weighted by Gasteiger charge is -2.17. The zero-order valence-electron chi connectivity index (χ0n) is 15.0. The molecule has 0 unspecified atom stereocenters. The lowest BCUT2D eigenvalue weighted by molar-refractivity contribution is -0.158. The monoisotopic (exact) mass is 408 g/mol. The highest BCUT2D eigenvalue weighted by Gasteiger charge is 2.47. The van der Waals surface area contributed by atoms with E-state index >= 15 is 0 Å². The summed E-state index contributed by atoms with van der Waals surface area (Å²) in [5, 5.41) is 2.42. The van der Waals surface area contributed by atoms with Gasteiger partial charge >= 0.3 is 5.97 Å². The molecule has 1 aromatic rings. The van der Waals surface area contributed by atoms with Crippen molar-refractivity contribution < 1.29 is 28.3 Å². The summed E-state index contributed by atoms with van der Waals surface area (Å²) in [6, 6.07) is 3.44. The third-order valence-corrected chi connectivity index (χ3v) is 5.07. The quantitative estimate of drug-likeness (QED) is 0.458. The van der Waals surface area contributed by atoms with E-state index in [1.165, 1.54) is 13.0 Å². The van der Waals surface area contributed by atoms with E-state index < -0.39 is 54.0 Å². The fourth-order valence-electron chi connectivity index (χ4n) is 3.27. The molecule has 1 N–H and O–H groups in total. The van der Waals surface area contributed by atoms with E-state index in [2.05, 4.69) is 5.32 Å². The van der Waals surface area contributed by atoms with Crippen LogP contribution >= 0.6 is 11.6 Å². The minimum Gasteiger partial charge on any atom is -0.451 e. The van der Waals surface area contributed by atoms with Gasteiger partial charge in [0, 0.05) is 0 Å². The van der Waals surface area contributed by atoms with Crippen LogP contribution in [-0.4, -0.2) is 41.2 Å². The number of likely N-dealkylation sites (tertiary alicyclic amines) is 1. The number of benzene rings is 1. The van der Waals surface area contributed by atoms with Crippen molar-refractivity contribution in [2.75, 3.05) is 11.9 Å². The van der Waals surface area contributed by atoms with Crippen LogP contribution < -0.4 is 5.32 Å². The van der Waals surface area contributed by atoms with E-state index in [0.29, 0.717) is 12.8 Å². The molecular weight excluding hydrogens is 391 g/mol. The van der Waals surface area contributed by atoms with Gasteiger partial charge < -0.3 is 10.1 Å². The van der Waals surface area contributed by atoms with Crippen LogP contribution in [0.25, 0.3) is 0 Å². The van der Waals surface area contributed by atoms with Crippen molar-refractivity contribution in [2.24, 2.45) is 11.8 Å². The number of nitrogens with zero attached hydrogens (tertiary/aromatic N) is 1. The fraction of sp³-hybridized carbons (Fsp3) is 0.368. The van der Waals surface area contributed by atoms with Crippen LogP contribution in [0.5, 0.6) is 0 Å². The summed E-state index contributed by atoms with van der Waals surface area (Å²) in [6.45, 7) is 0.793. The Balaban J connectivity index is 1.56. The Hall–Kier alpha value is -2.74. The molecule has 1 aliphatic heterocycles. The summed E-state index contributed by atoms with van der Waals surface area (Å²) in [6.07, 6.45) is 3.43. The Morgan fingerprint density at radius 1 is 1.25 bits per heavy atom. The van der Waals surface area contributed by atoms with Gasteiger partial charge in [-0.15, -0.1) is 0 Å². The van der Waals surface area contributed by atoms with Crippen molar-refractivity contribution >= 4 is 41.0 Å². The Labute approximate surface area is 165 Å². The van der Waals surface area contributed by atoms with Crippen LogP contribution in [0.3, 0.4) is 0 Å². The number of amides is 3. The number of nitrogens with one attached hydrogen (secondary N) is 1. The summed E-state index contributed by atoms with van der Waals surface area (Å²) >= 11 is 5.84. The molecule has 1 aliphatic carbocycles. The molecule has 2 aliphatic rings. The molecule has 0 spiro atoms. The Morgan fingerprint density at radius 3 is 2.43 bits per heavy atom. The van der Waals surface area contributed by atoms with Crippen LogP contribution in [0.1, 0.15) is 19.8 Å². The van der Waals surface area contributed by atoms with Crippen LogP contribution in [0.15, 0.2) is 30.4 Å². The molecule has 28 heavy (non-hydrogen) atoms. The molecule has 0 bridgehead atoms. The highest BCUT2D eigenvalue weighted by atomic mass is 35.5. The third-order valence-electron chi connectivity index (χ3n) is 4.75. The predicted octanol–water partition coefficient (Wildman–Crippen LogP) is 2.30. The van der Waals surface area contributed by atoms with E-state index in [9.17, 15) is 23.6 Å². The van der Waals surface area contributed by atoms with Gasteiger partial charge in [0.25, 0.3) is 5.91 Å². The third kappa shape index (κ3) is 4.06. The standard InChI is InChI=1S/C19H18ClFN2O5/c1-10(17(25)22-15-7-6-11(21)8-14(15)20)28-16(24)9-23-18(26)12-4-2-3-5-13(12)19(23)27/h2-3,6-8,10,12-13H,4-5,9H2,1H3,(H,22,25)/t10-,12-,13+/m1/s1. The smallest absolute Gasteiger partial charge is 0.326 e. The van der Waals surface area contributed by atoms with Crippen molar-refractivity contribution in [3.05, 3.63) is 41.2 Å². The normalized spacial score (nSPS) is 22.0. The molecule has 1 heterocycles. The van der Waals surface area contributed by atoms with Crippen molar-refractivity contribution in [1.29, 1.82) is 0 Å². The second kappa shape index (κ2) is 8.10. The van der Waals surface area contributed by atoms with E-state index in [1.807, 2.05) is 12.2 Å². The first-order chi connectivity index (χ1) is 13.3. The average Bonchev–Trinajstić information content (AvgIpc) is 2.89. The van der Waals surface area contributed by atoms with Crippen LogP contribution in [0.2, 0.25) is 5.02 Å². The Bertz CT molecular complexity index is 846. The van der Waals surface area contributed by atoms with Gasteiger partial charge in [0.15, 0.2) is 6.10 Å². The SMILES string of the molecule is C[C@@H](OC(=O)CN1C(=O)[C@H]2CC=CC[C@H]2C1=O)C(=O)Nc1ccc(F)cc1Cl. The number of carbonyl (C=O) groups excluding carboxylic acids is 4. The number of allylic oxidation sites excluding steroid dienone is 2.